The molecule has 1 aliphatic rings. The number of carbonyl (C=O) groups excluding carboxylic acids is 1. The Balaban J connectivity index is 2.21. The van der Waals surface area contributed by atoms with Gasteiger partial charge in [0.05, 0.1) is 0 Å². The molecule has 0 bridgehead atoms. The van der Waals surface area contributed by atoms with E-state index in [2.05, 4.69) is 30.4 Å². The molecule has 1 aromatic carbocycles. The van der Waals surface area contributed by atoms with Gasteiger partial charge in [0.2, 0.25) is 5.91 Å². The van der Waals surface area contributed by atoms with Crippen LogP contribution in [0.3, 0.4) is 0 Å². The zero-order valence-corrected chi connectivity index (χ0v) is 7.71. The summed E-state index contributed by atoms with van der Waals surface area (Å²) in [6.45, 7) is 2.87. The second kappa shape index (κ2) is 3.21. The number of amides is 1. The molecule has 0 saturated carbocycles. The zero-order valence-electron chi connectivity index (χ0n) is 7.71. The first-order valence-electron chi connectivity index (χ1n) is 4.59. The van der Waals surface area contributed by atoms with Crippen molar-refractivity contribution < 1.29 is 4.79 Å². The topological polar surface area (TPSA) is 29.1 Å². The lowest BCUT2D eigenvalue weighted by Gasteiger charge is -2.07. The van der Waals surface area contributed by atoms with Crippen molar-refractivity contribution in [2.24, 2.45) is 0 Å². The molecule has 0 aliphatic carbocycles. The first-order valence-corrected chi connectivity index (χ1v) is 4.59. The van der Waals surface area contributed by atoms with Crippen LogP contribution in [0.5, 0.6) is 0 Å². The van der Waals surface area contributed by atoms with Crippen LogP contribution in [0, 0.1) is 6.92 Å². The number of carbonyl (C=O) groups is 1. The first kappa shape index (κ1) is 8.30. The first-order chi connectivity index (χ1) is 6.25. The Hall–Kier alpha value is -1.31. The SMILES string of the molecule is Cc1cccc([C@H]2CNC(=O)C2)c1. The maximum absolute atomic E-state index is 11.0. The third kappa shape index (κ3) is 1.72. The molecule has 1 heterocycles. The molecule has 0 radical (unpaired) electrons. The second-order valence-corrected chi connectivity index (χ2v) is 3.62. The van der Waals surface area contributed by atoms with E-state index in [0.29, 0.717) is 12.3 Å². The van der Waals surface area contributed by atoms with E-state index >= 15 is 0 Å². The van der Waals surface area contributed by atoms with Gasteiger partial charge in [-0.15, -0.1) is 0 Å². The minimum absolute atomic E-state index is 0.173. The minimum Gasteiger partial charge on any atom is -0.355 e. The van der Waals surface area contributed by atoms with Crippen LogP contribution in [0.2, 0.25) is 0 Å². The molecule has 1 saturated heterocycles. The average Bonchev–Trinajstić information content (AvgIpc) is 2.52. The molecule has 1 N–H and O–H groups in total. The van der Waals surface area contributed by atoms with Gasteiger partial charge in [-0.1, -0.05) is 29.8 Å². The molecule has 1 aliphatic heterocycles. The molecule has 1 fully saturated rings. The summed E-state index contributed by atoms with van der Waals surface area (Å²) in [5.41, 5.74) is 2.54. The highest BCUT2D eigenvalue weighted by atomic mass is 16.1. The summed E-state index contributed by atoms with van der Waals surface area (Å²) >= 11 is 0. The number of aryl methyl sites for hydroxylation is 1. The van der Waals surface area contributed by atoms with Gasteiger partial charge >= 0.3 is 0 Å². The second-order valence-electron chi connectivity index (χ2n) is 3.62. The van der Waals surface area contributed by atoms with E-state index in [9.17, 15) is 4.79 Å². The van der Waals surface area contributed by atoms with Gasteiger partial charge in [-0.2, -0.15) is 0 Å². The monoisotopic (exact) mass is 175 g/mol. The highest BCUT2D eigenvalue weighted by Crippen LogP contribution is 2.23. The van der Waals surface area contributed by atoms with E-state index in [4.69, 9.17) is 0 Å². The number of benzene rings is 1. The van der Waals surface area contributed by atoms with Gasteiger partial charge in [-0.3, -0.25) is 4.79 Å². The molecule has 1 atom stereocenters. The third-order valence-corrected chi connectivity index (χ3v) is 2.49. The van der Waals surface area contributed by atoms with Crippen molar-refractivity contribution in [3.8, 4) is 0 Å². The molecule has 0 aromatic heterocycles. The van der Waals surface area contributed by atoms with Crippen molar-refractivity contribution in [1.29, 1.82) is 0 Å². The average molecular weight is 175 g/mol. The third-order valence-electron chi connectivity index (χ3n) is 2.49. The Bertz CT molecular complexity index is 333. The molecule has 2 nitrogen and oxygen atoms in total. The van der Waals surface area contributed by atoms with Crippen LogP contribution >= 0.6 is 0 Å². The van der Waals surface area contributed by atoms with Crippen molar-refractivity contribution in [3.63, 3.8) is 0 Å². The van der Waals surface area contributed by atoms with Crippen molar-refractivity contribution in [1.82, 2.24) is 5.32 Å². The molecule has 1 aromatic rings. The summed E-state index contributed by atoms with van der Waals surface area (Å²) in [7, 11) is 0. The van der Waals surface area contributed by atoms with Crippen molar-refractivity contribution in [2.45, 2.75) is 19.3 Å². The minimum atomic E-state index is 0.173. The molecule has 0 unspecified atom stereocenters. The predicted octanol–water partition coefficient (Wildman–Crippen LogP) is 1.60. The Kier molecular flexibility index (Phi) is 2.05. The smallest absolute Gasteiger partial charge is 0.220 e. The van der Waals surface area contributed by atoms with Gasteiger partial charge in [-0.25, -0.2) is 0 Å². The van der Waals surface area contributed by atoms with Gasteiger partial charge < -0.3 is 5.32 Å². The highest BCUT2D eigenvalue weighted by molar-refractivity contribution is 5.79. The predicted molar refractivity (Wildman–Crippen MR) is 51.5 cm³/mol. The molecule has 68 valence electrons. The molecule has 1 amide bonds. The normalized spacial score (nSPS) is 21.6. The lowest BCUT2D eigenvalue weighted by molar-refractivity contribution is -0.119. The fraction of sp³-hybridized carbons (Fsp3) is 0.364. The van der Waals surface area contributed by atoms with Gasteiger partial charge in [0, 0.05) is 18.9 Å². The van der Waals surface area contributed by atoms with Crippen molar-refractivity contribution in [3.05, 3.63) is 35.4 Å². The number of nitrogens with one attached hydrogen (secondary N) is 1. The van der Waals surface area contributed by atoms with Crippen LogP contribution in [-0.2, 0) is 4.79 Å². The number of rotatable bonds is 1. The molecular weight excluding hydrogens is 162 g/mol. The van der Waals surface area contributed by atoms with E-state index in [-0.39, 0.29) is 5.91 Å². The summed E-state index contributed by atoms with van der Waals surface area (Å²) in [5, 5.41) is 2.85. The Morgan fingerprint density at radius 1 is 1.46 bits per heavy atom. The molecule has 13 heavy (non-hydrogen) atoms. The molecule has 2 rings (SSSR count). The lowest BCUT2D eigenvalue weighted by Crippen LogP contribution is -2.13. The van der Waals surface area contributed by atoms with Crippen LogP contribution < -0.4 is 5.32 Å². The number of hydrogen-bond donors (Lipinski definition) is 1. The number of hydrogen-bond acceptors (Lipinski definition) is 1. The van der Waals surface area contributed by atoms with Gasteiger partial charge in [0.1, 0.15) is 0 Å². The Labute approximate surface area is 78.0 Å². The molecular formula is C11H13NO. The summed E-state index contributed by atoms with van der Waals surface area (Å²) in [6.07, 6.45) is 0.642. The van der Waals surface area contributed by atoms with E-state index in [1.807, 2.05) is 6.07 Å². The van der Waals surface area contributed by atoms with E-state index < -0.39 is 0 Å². The fourth-order valence-electron chi connectivity index (χ4n) is 1.76. The maximum atomic E-state index is 11.0. The van der Waals surface area contributed by atoms with Gasteiger partial charge in [0.15, 0.2) is 0 Å². The van der Waals surface area contributed by atoms with Crippen LogP contribution in [0.1, 0.15) is 23.5 Å². The Morgan fingerprint density at radius 3 is 2.92 bits per heavy atom. The summed E-state index contributed by atoms with van der Waals surface area (Å²) < 4.78 is 0. The van der Waals surface area contributed by atoms with E-state index in [1.54, 1.807) is 0 Å². The van der Waals surface area contributed by atoms with Gasteiger partial charge in [-0.05, 0) is 12.5 Å². The Morgan fingerprint density at radius 2 is 2.31 bits per heavy atom. The van der Waals surface area contributed by atoms with Crippen molar-refractivity contribution in [2.75, 3.05) is 6.54 Å². The molecule has 2 heteroatoms. The van der Waals surface area contributed by atoms with Crippen molar-refractivity contribution >= 4 is 5.91 Å². The lowest BCUT2D eigenvalue weighted by atomic mass is 9.97. The summed E-state index contributed by atoms with van der Waals surface area (Å²) in [4.78, 5) is 11.0. The van der Waals surface area contributed by atoms with E-state index in [1.165, 1.54) is 11.1 Å². The van der Waals surface area contributed by atoms with E-state index in [0.717, 1.165) is 6.54 Å². The maximum Gasteiger partial charge on any atom is 0.220 e. The standard InChI is InChI=1S/C11H13NO/c1-8-3-2-4-9(5-8)10-6-11(13)12-7-10/h2-5,10H,6-7H2,1H3,(H,12,13)/t10-/m1/s1. The highest BCUT2D eigenvalue weighted by Gasteiger charge is 2.22. The summed E-state index contributed by atoms with van der Waals surface area (Å²) in [6, 6.07) is 8.38. The van der Waals surface area contributed by atoms with Gasteiger partial charge in [0.25, 0.3) is 0 Å². The van der Waals surface area contributed by atoms with Crippen LogP contribution in [0.15, 0.2) is 24.3 Å². The van der Waals surface area contributed by atoms with Crippen LogP contribution in [0.25, 0.3) is 0 Å². The van der Waals surface area contributed by atoms with Crippen LogP contribution in [-0.4, -0.2) is 12.5 Å². The quantitative estimate of drug-likeness (QED) is 0.690. The summed E-state index contributed by atoms with van der Waals surface area (Å²) in [5.74, 6) is 0.555. The largest absolute Gasteiger partial charge is 0.355 e. The zero-order chi connectivity index (χ0) is 9.26. The fourth-order valence-corrected chi connectivity index (χ4v) is 1.76. The van der Waals surface area contributed by atoms with Crippen LogP contribution in [0.4, 0.5) is 0 Å². The molecule has 0 spiro atoms.